The van der Waals surface area contributed by atoms with Crippen molar-refractivity contribution in [2.24, 2.45) is 0 Å². The van der Waals surface area contributed by atoms with E-state index in [2.05, 4.69) is 0 Å². The Balaban J connectivity index is 2.78. The van der Waals surface area contributed by atoms with Crippen LogP contribution in [-0.2, 0) is 4.79 Å². The number of aliphatic carboxylic acids is 1. The molecule has 0 aliphatic rings. The fourth-order valence-electron chi connectivity index (χ4n) is 1.05. The molecule has 0 bridgehead atoms. The maximum atomic E-state index is 10.3. The van der Waals surface area contributed by atoms with Crippen molar-refractivity contribution in [2.45, 2.75) is 0 Å². The molecule has 15 heavy (non-hydrogen) atoms. The number of carboxylic acids is 1. The Morgan fingerprint density at radius 2 is 1.93 bits per heavy atom. The Hall–Kier alpha value is -1.91. The Morgan fingerprint density at radius 1 is 1.27 bits per heavy atom. The Morgan fingerprint density at radius 3 is 2.47 bits per heavy atom. The van der Waals surface area contributed by atoms with E-state index in [9.17, 15) is 4.79 Å². The number of hydrogen-bond acceptors (Lipinski definition) is 4. The first-order valence-electron chi connectivity index (χ1n) is 4.24. The zero-order valence-corrected chi connectivity index (χ0v) is 8.52. The SMILES string of the molecule is COc1ccc(OCC(=O)O)cc1OC. The van der Waals surface area contributed by atoms with Crippen molar-refractivity contribution in [3.05, 3.63) is 18.2 Å². The molecule has 0 amide bonds. The molecule has 0 aliphatic heterocycles. The summed E-state index contributed by atoms with van der Waals surface area (Å²) in [5.74, 6) is 0.473. The lowest BCUT2D eigenvalue weighted by atomic mass is 10.3. The third-order valence-corrected chi connectivity index (χ3v) is 1.72. The molecule has 0 fully saturated rings. The minimum absolute atomic E-state index is 0.379. The molecule has 1 aromatic carbocycles. The van der Waals surface area contributed by atoms with Gasteiger partial charge in [0.1, 0.15) is 5.75 Å². The van der Waals surface area contributed by atoms with Crippen LogP contribution in [0.2, 0.25) is 0 Å². The van der Waals surface area contributed by atoms with Crippen LogP contribution in [-0.4, -0.2) is 31.9 Å². The fourth-order valence-corrected chi connectivity index (χ4v) is 1.05. The zero-order chi connectivity index (χ0) is 11.3. The van der Waals surface area contributed by atoms with E-state index < -0.39 is 5.97 Å². The van der Waals surface area contributed by atoms with Gasteiger partial charge in [0.2, 0.25) is 0 Å². The van der Waals surface area contributed by atoms with Crippen LogP contribution in [0.15, 0.2) is 18.2 Å². The van der Waals surface area contributed by atoms with E-state index in [4.69, 9.17) is 19.3 Å². The normalized spacial score (nSPS) is 9.47. The van der Waals surface area contributed by atoms with Crippen LogP contribution in [0.5, 0.6) is 17.2 Å². The second-order valence-corrected chi connectivity index (χ2v) is 2.70. The molecular formula is C10H12O5. The van der Waals surface area contributed by atoms with Gasteiger partial charge in [-0.15, -0.1) is 0 Å². The lowest BCUT2D eigenvalue weighted by Gasteiger charge is -2.09. The van der Waals surface area contributed by atoms with Crippen LogP contribution in [0.4, 0.5) is 0 Å². The topological polar surface area (TPSA) is 65.0 Å². The second-order valence-electron chi connectivity index (χ2n) is 2.70. The summed E-state index contributed by atoms with van der Waals surface area (Å²) in [7, 11) is 3.02. The second kappa shape index (κ2) is 5.09. The number of carboxylic acid groups (broad SMARTS) is 1. The lowest BCUT2D eigenvalue weighted by molar-refractivity contribution is -0.139. The number of carbonyl (C=O) groups is 1. The third-order valence-electron chi connectivity index (χ3n) is 1.72. The molecule has 0 spiro atoms. The number of methoxy groups -OCH3 is 2. The average Bonchev–Trinajstić information content (AvgIpc) is 2.25. The van der Waals surface area contributed by atoms with Crippen LogP contribution in [0.1, 0.15) is 0 Å². The van der Waals surface area contributed by atoms with Crippen LogP contribution < -0.4 is 14.2 Å². The highest BCUT2D eigenvalue weighted by Gasteiger charge is 2.06. The van der Waals surface area contributed by atoms with Gasteiger partial charge >= 0.3 is 5.97 Å². The Bertz CT molecular complexity index is 348. The summed E-state index contributed by atoms with van der Waals surface area (Å²) < 4.78 is 15.0. The number of ether oxygens (including phenoxy) is 3. The summed E-state index contributed by atoms with van der Waals surface area (Å²) in [4.78, 5) is 10.3. The van der Waals surface area contributed by atoms with Crippen molar-refractivity contribution in [2.75, 3.05) is 20.8 Å². The summed E-state index contributed by atoms with van der Waals surface area (Å²) in [5.41, 5.74) is 0. The van der Waals surface area contributed by atoms with E-state index in [0.29, 0.717) is 17.2 Å². The lowest BCUT2D eigenvalue weighted by Crippen LogP contribution is -2.09. The van der Waals surface area contributed by atoms with Gasteiger partial charge < -0.3 is 19.3 Å². The van der Waals surface area contributed by atoms with Crippen molar-refractivity contribution in [1.82, 2.24) is 0 Å². The van der Waals surface area contributed by atoms with Crippen molar-refractivity contribution in [3.63, 3.8) is 0 Å². The van der Waals surface area contributed by atoms with E-state index in [1.165, 1.54) is 14.2 Å². The minimum atomic E-state index is -1.02. The fraction of sp³-hybridized carbons (Fsp3) is 0.300. The molecule has 1 aromatic rings. The molecule has 1 N–H and O–H groups in total. The van der Waals surface area contributed by atoms with Gasteiger partial charge in [-0.2, -0.15) is 0 Å². The van der Waals surface area contributed by atoms with Crippen molar-refractivity contribution >= 4 is 5.97 Å². The highest BCUT2D eigenvalue weighted by atomic mass is 16.5. The largest absolute Gasteiger partial charge is 0.493 e. The molecule has 0 aliphatic carbocycles. The molecule has 5 nitrogen and oxygen atoms in total. The summed E-state index contributed by atoms with van der Waals surface area (Å²) in [5, 5.41) is 8.42. The van der Waals surface area contributed by atoms with E-state index >= 15 is 0 Å². The standard InChI is InChI=1S/C10H12O5/c1-13-8-4-3-7(5-9(8)14-2)15-6-10(11)12/h3-5H,6H2,1-2H3,(H,11,12). The average molecular weight is 212 g/mol. The number of benzene rings is 1. The van der Waals surface area contributed by atoms with Gasteiger partial charge in [0, 0.05) is 6.07 Å². The summed E-state index contributed by atoms with van der Waals surface area (Å²) in [6.07, 6.45) is 0. The molecule has 1 rings (SSSR count). The summed E-state index contributed by atoms with van der Waals surface area (Å²) in [6, 6.07) is 4.84. The van der Waals surface area contributed by atoms with Crippen LogP contribution in [0, 0.1) is 0 Å². The van der Waals surface area contributed by atoms with Gasteiger partial charge in [0.25, 0.3) is 0 Å². The molecule has 0 unspecified atom stereocenters. The van der Waals surface area contributed by atoms with Gasteiger partial charge in [0.15, 0.2) is 18.1 Å². The van der Waals surface area contributed by atoms with Gasteiger partial charge in [-0.3, -0.25) is 0 Å². The molecule has 0 aromatic heterocycles. The number of rotatable bonds is 5. The maximum Gasteiger partial charge on any atom is 0.341 e. The van der Waals surface area contributed by atoms with Crippen molar-refractivity contribution < 1.29 is 24.1 Å². The van der Waals surface area contributed by atoms with Crippen LogP contribution >= 0.6 is 0 Å². The highest BCUT2D eigenvalue weighted by Crippen LogP contribution is 2.30. The van der Waals surface area contributed by atoms with Gasteiger partial charge in [-0.25, -0.2) is 4.79 Å². The van der Waals surface area contributed by atoms with E-state index in [1.807, 2.05) is 0 Å². The molecule has 0 saturated heterocycles. The predicted octanol–water partition coefficient (Wildman–Crippen LogP) is 1.17. The van der Waals surface area contributed by atoms with Crippen molar-refractivity contribution in [3.8, 4) is 17.2 Å². The first-order valence-corrected chi connectivity index (χ1v) is 4.24. The first-order chi connectivity index (χ1) is 7.17. The molecule has 5 heteroatoms. The van der Waals surface area contributed by atoms with Gasteiger partial charge in [0.05, 0.1) is 14.2 Å². The highest BCUT2D eigenvalue weighted by molar-refractivity contribution is 5.68. The Kier molecular flexibility index (Phi) is 3.79. The molecular weight excluding hydrogens is 200 g/mol. The van der Waals surface area contributed by atoms with E-state index in [1.54, 1.807) is 18.2 Å². The van der Waals surface area contributed by atoms with E-state index in [0.717, 1.165) is 0 Å². The molecule has 0 heterocycles. The first kappa shape index (κ1) is 11.2. The monoisotopic (exact) mass is 212 g/mol. The quantitative estimate of drug-likeness (QED) is 0.793. The molecule has 0 atom stereocenters. The van der Waals surface area contributed by atoms with Crippen molar-refractivity contribution in [1.29, 1.82) is 0 Å². The Labute approximate surface area is 87.2 Å². The van der Waals surface area contributed by atoms with Crippen LogP contribution in [0.25, 0.3) is 0 Å². The van der Waals surface area contributed by atoms with Crippen LogP contribution in [0.3, 0.4) is 0 Å². The smallest absolute Gasteiger partial charge is 0.341 e. The molecule has 0 radical (unpaired) electrons. The molecule has 0 saturated carbocycles. The third kappa shape index (κ3) is 3.05. The summed E-state index contributed by atoms with van der Waals surface area (Å²) >= 11 is 0. The number of hydrogen-bond donors (Lipinski definition) is 1. The minimum Gasteiger partial charge on any atom is -0.493 e. The maximum absolute atomic E-state index is 10.3. The van der Waals surface area contributed by atoms with Gasteiger partial charge in [-0.05, 0) is 12.1 Å². The zero-order valence-electron chi connectivity index (χ0n) is 8.52. The van der Waals surface area contributed by atoms with E-state index in [-0.39, 0.29) is 6.61 Å². The van der Waals surface area contributed by atoms with Gasteiger partial charge in [-0.1, -0.05) is 0 Å². The summed E-state index contributed by atoms with van der Waals surface area (Å²) in [6.45, 7) is -0.379. The molecule has 82 valence electrons. The predicted molar refractivity (Wildman–Crippen MR) is 52.7 cm³/mol.